The van der Waals surface area contributed by atoms with Gasteiger partial charge in [0.05, 0.1) is 15.6 Å². The highest BCUT2D eigenvalue weighted by Crippen LogP contribution is 2.26. The lowest BCUT2D eigenvalue weighted by Crippen LogP contribution is -2.26. The summed E-state index contributed by atoms with van der Waals surface area (Å²) in [6, 6.07) is 3.70. The molecule has 1 aromatic rings. The molecule has 0 aromatic heterocycles. The molecular formula is C12H16ClN3O3. The highest BCUT2D eigenvalue weighted by Gasteiger charge is 2.13. The number of carbonyl (C=O) groups excluding carboxylic acids is 1. The molecule has 104 valence electrons. The van der Waals surface area contributed by atoms with Gasteiger partial charge in [-0.3, -0.25) is 14.9 Å². The molecular weight excluding hydrogens is 270 g/mol. The second kappa shape index (κ2) is 7.06. The van der Waals surface area contributed by atoms with E-state index in [0.717, 1.165) is 12.8 Å². The van der Waals surface area contributed by atoms with Crippen molar-refractivity contribution in [2.24, 2.45) is 5.73 Å². The van der Waals surface area contributed by atoms with E-state index in [1.165, 1.54) is 18.2 Å². The zero-order chi connectivity index (χ0) is 14.4. The minimum absolute atomic E-state index is 0.120. The first kappa shape index (κ1) is 15.4. The van der Waals surface area contributed by atoms with Gasteiger partial charge in [0.15, 0.2) is 0 Å². The van der Waals surface area contributed by atoms with Crippen LogP contribution in [0.5, 0.6) is 0 Å². The van der Waals surface area contributed by atoms with Crippen LogP contribution < -0.4 is 11.1 Å². The Balaban J connectivity index is 2.67. The summed E-state index contributed by atoms with van der Waals surface area (Å²) >= 11 is 5.86. The summed E-state index contributed by atoms with van der Waals surface area (Å²) in [5, 5.41) is 13.3. The molecule has 0 heterocycles. The van der Waals surface area contributed by atoms with Crippen LogP contribution in [0.1, 0.15) is 26.2 Å². The van der Waals surface area contributed by atoms with E-state index in [0.29, 0.717) is 5.69 Å². The normalized spacial score (nSPS) is 11.9. The smallest absolute Gasteiger partial charge is 0.271 e. The van der Waals surface area contributed by atoms with Crippen LogP contribution in [0.2, 0.25) is 5.02 Å². The Morgan fingerprint density at radius 3 is 2.79 bits per heavy atom. The predicted molar refractivity (Wildman–Crippen MR) is 74.2 cm³/mol. The minimum atomic E-state index is -0.547. The average molecular weight is 286 g/mol. The fourth-order valence-electron chi connectivity index (χ4n) is 1.63. The van der Waals surface area contributed by atoms with Gasteiger partial charge in [0.1, 0.15) is 0 Å². The Morgan fingerprint density at radius 1 is 1.58 bits per heavy atom. The highest BCUT2D eigenvalue weighted by molar-refractivity contribution is 6.33. The number of nitro groups is 1. The molecule has 1 atom stereocenters. The Kier molecular flexibility index (Phi) is 5.72. The molecule has 19 heavy (non-hydrogen) atoms. The van der Waals surface area contributed by atoms with Crippen molar-refractivity contribution >= 4 is 28.9 Å². The Morgan fingerprint density at radius 2 is 2.26 bits per heavy atom. The van der Waals surface area contributed by atoms with Crippen LogP contribution in [0.15, 0.2) is 18.2 Å². The lowest BCUT2D eigenvalue weighted by Gasteiger charge is -2.11. The van der Waals surface area contributed by atoms with E-state index in [1.807, 2.05) is 6.92 Å². The standard InChI is InChI=1S/C12H16ClN3O3/c1-2-3-8(14)6-12(17)15-11-5-4-9(16(18)19)7-10(11)13/h4-5,7-8H,2-3,6,14H2,1H3,(H,15,17). The maximum atomic E-state index is 11.7. The molecule has 1 amide bonds. The quantitative estimate of drug-likeness (QED) is 0.620. The summed E-state index contributed by atoms with van der Waals surface area (Å²) in [5.74, 6) is -0.253. The summed E-state index contributed by atoms with van der Waals surface area (Å²) in [4.78, 5) is 21.7. The molecule has 6 nitrogen and oxygen atoms in total. The van der Waals surface area contributed by atoms with Crippen LogP contribution in [0.25, 0.3) is 0 Å². The lowest BCUT2D eigenvalue weighted by molar-refractivity contribution is -0.384. The van der Waals surface area contributed by atoms with Gasteiger partial charge >= 0.3 is 0 Å². The average Bonchev–Trinajstić information content (AvgIpc) is 2.31. The molecule has 3 N–H and O–H groups in total. The number of non-ortho nitro benzene ring substituents is 1. The molecule has 0 radical (unpaired) electrons. The molecule has 1 aromatic carbocycles. The number of hydrogen-bond donors (Lipinski definition) is 2. The third-order valence-corrected chi connectivity index (χ3v) is 2.86. The first-order valence-electron chi connectivity index (χ1n) is 5.93. The summed E-state index contributed by atoms with van der Waals surface area (Å²) in [6.07, 6.45) is 1.87. The minimum Gasteiger partial charge on any atom is -0.327 e. The van der Waals surface area contributed by atoms with Crippen LogP contribution in [-0.4, -0.2) is 16.9 Å². The number of anilines is 1. The molecule has 7 heteroatoms. The van der Waals surface area contributed by atoms with Gasteiger partial charge in [-0.05, 0) is 12.5 Å². The van der Waals surface area contributed by atoms with E-state index in [9.17, 15) is 14.9 Å². The number of halogens is 1. The number of nitro benzene ring substituents is 1. The number of carbonyl (C=O) groups is 1. The van der Waals surface area contributed by atoms with E-state index in [2.05, 4.69) is 5.32 Å². The van der Waals surface area contributed by atoms with Gasteiger partial charge in [0.25, 0.3) is 5.69 Å². The summed E-state index contributed by atoms with van der Waals surface area (Å²) in [7, 11) is 0. The monoisotopic (exact) mass is 285 g/mol. The summed E-state index contributed by atoms with van der Waals surface area (Å²) < 4.78 is 0. The fraction of sp³-hybridized carbons (Fsp3) is 0.417. The van der Waals surface area contributed by atoms with Crippen LogP contribution in [-0.2, 0) is 4.79 Å². The van der Waals surface area contributed by atoms with Crippen molar-refractivity contribution in [1.82, 2.24) is 0 Å². The van der Waals surface area contributed by atoms with Gasteiger partial charge in [0, 0.05) is 24.6 Å². The van der Waals surface area contributed by atoms with Crippen molar-refractivity contribution in [3.05, 3.63) is 33.3 Å². The molecule has 0 bridgehead atoms. The summed E-state index contributed by atoms with van der Waals surface area (Å²) in [6.45, 7) is 1.99. The molecule has 0 saturated heterocycles. The van der Waals surface area contributed by atoms with Gasteiger partial charge in [-0.25, -0.2) is 0 Å². The topological polar surface area (TPSA) is 98.3 Å². The molecule has 1 rings (SSSR count). The van der Waals surface area contributed by atoms with Crippen molar-refractivity contribution in [2.45, 2.75) is 32.2 Å². The molecule has 0 aliphatic carbocycles. The number of hydrogen-bond acceptors (Lipinski definition) is 4. The highest BCUT2D eigenvalue weighted by atomic mass is 35.5. The first-order chi connectivity index (χ1) is 8.93. The van der Waals surface area contributed by atoms with E-state index in [-0.39, 0.29) is 29.1 Å². The van der Waals surface area contributed by atoms with Gasteiger partial charge in [-0.2, -0.15) is 0 Å². The third kappa shape index (κ3) is 4.84. The molecule has 0 saturated carbocycles. The van der Waals surface area contributed by atoms with Crippen LogP contribution in [0, 0.1) is 10.1 Å². The van der Waals surface area contributed by atoms with Crippen LogP contribution >= 0.6 is 11.6 Å². The molecule has 0 spiro atoms. The number of rotatable bonds is 6. The fourth-order valence-corrected chi connectivity index (χ4v) is 1.85. The predicted octanol–water partition coefficient (Wildman–Crippen LogP) is 2.70. The van der Waals surface area contributed by atoms with Gasteiger partial charge in [-0.1, -0.05) is 24.9 Å². The van der Waals surface area contributed by atoms with Crippen LogP contribution in [0.4, 0.5) is 11.4 Å². The second-order valence-corrected chi connectivity index (χ2v) is 4.63. The zero-order valence-electron chi connectivity index (χ0n) is 10.6. The summed E-state index contributed by atoms with van der Waals surface area (Å²) in [5.41, 5.74) is 5.99. The SMILES string of the molecule is CCCC(N)CC(=O)Nc1ccc([N+](=O)[O-])cc1Cl. The van der Waals surface area contributed by atoms with Crippen LogP contribution in [0.3, 0.4) is 0 Å². The Labute approximate surface area is 116 Å². The van der Waals surface area contributed by atoms with Crippen molar-refractivity contribution in [1.29, 1.82) is 0 Å². The number of amides is 1. The number of nitrogens with one attached hydrogen (secondary N) is 1. The second-order valence-electron chi connectivity index (χ2n) is 4.22. The van der Waals surface area contributed by atoms with Crippen molar-refractivity contribution < 1.29 is 9.72 Å². The molecule has 1 unspecified atom stereocenters. The third-order valence-electron chi connectivity index (χ3n) is 2.54. The van der Waals surface area contributed by atoms with Gasteiger partial charge in [0.2, 0.25) is 5.91 Å². The van der Waals surface area contributed by atoms with Gasteiger partial charge in [-0.15, -0.1) is 0 Å². The Hall–Kier alpha value is -1.66. The van der Waals surface area contributed by atoms with E-state index in [1.54, 1.807) is 0 Å². The first-order valence-corrected chi connectivity index (χ1v) is 6.31. The van der Waals surface area contributed by atoms with Gasteiger partial charge < -0.3 is 11.1 Å². The van der Waals surface area contributed by atoms with Crippen molar-refractivity contribution in [3.8, 4) is 0 Å². The molecule has 0 fully saturated rings. The van der Waals surface area contributed by atoms with E-state index in [4.69, 9.17) is 17.3 Å². The number of nitrogens with zero attached hydrogens (tertiary/aromatic N) is 1. The van der Waals surface area contributed by atoms with Crippen molar-refractivity contribution in [2.75, 3.05) is 5.32 Å². The maximum absolute atomic E-state index is 11.7. The maximum Gasteiger partial charge on any atom is 0.271 e. The number of benzene rings is 1. The Bertz CT molecular complexity index is 479. The zero-order valence-corrected chi connectivity index (χ0v) is 11.3. The van der Waals surface area contributed by atoms with E-state index < -0.39 is 4.92 Å². The van der Waals surface area contributed by atoms with E-state index >= 15 is 0 Å². The number of nitrogens with two attached hydrogens (primary N) is 1. The molecule has 0 aliphatic heterocycles. The molecule has 0 aliphatic rings. The lowest BCUT2D eigenvalue weighted by atomic mass is 10.1. The van der Waals surface area contributed by atoms with Crippen molar-refractivity contribution in [3.63, 3.8) is 0 Å². The largest absolute Gasteiger partial charge is 0.327 e.